The number of hydrogen-bond donors (Lipinski definition) is 2. The van der Waals surface area contributed by atoms with Crippen LogP contribution in [0.2, 0.25) is 10.0 Å². The van der Waals surface area contributed by atoms with Crippen LogP contribution in [0.25, 0.3) is 0 Å². The van der Waals surface area contributed by atoms with Crippen LogP contribution in [-0.4, -0.2) is 30.9 Å². The molecule has 6 nitrogen and oxygen atoms in total. The van der Waals surface area contributed by atoms with Crippen LogP contribution in [-0.2, 0) is 20.0 Å². The van der Waals surface area contributed by atoms with Gasteiger partial charge in [-0.15, -0.1) is 0 Å². The van der Waals surface area contributed by atoms with E-state index in [0.717, 1.165) is 12.1 Å². The minimum atomic E-state index is -3.90. The second kappa shape index (κ2) is 5.32. The summed E-state index contributed by atoms with van der Waals surface area (Å²) in [6, 6.07) is 2.01. The van der Waals surface area contributed by atoms with Gasteiger partial charge in [0, 0.05) is 0 Å². The van der Waals surface area contributed by atoms with Crippen molar-refractivity contribution in [3.05, 3.63) is 22.2 Å². The van der Waals surface area contributed by atoms with Gasteiger partial charge in [0.2, 0.25) is 20.0 Å². The molecule has 0 aliphatic rings. The smallest absolute Gasteiger partial charge is 0.214 e. The molecule has 0 saturated heterocycles. The molecular weight excluding hydrogens is 323 g/mol. The SMILES string of the molecule is CNS(=O)(=O)c1cc(Cl)c(Cl)c(S(=O)(=O)NC)c1. The van der Waals surface area contributed by atoms with Crippen molar-refractivity contribution in [3.63, 3.8) is 0 Å². The molecule has 10 heteroatoms. The summed E-state index contributed by atoms with van der Waals surface area (Å²) >= 11 is 11.5. The van der Waals surface area contributed by atoms with E-state index in [2.05, 4.69) is 4.72 Å². The third-order valence-electron chi connectivity index (χ3n) is 2.11. The first-order valence-corrected chi connectivity index (χ1v) is 8.24. The number of hydrogen-bond acceptors (Lipinski definition) is 4. The molecule has 0 aliphatic carbocycles. The first kappa shape index (κ1) is 15.7. The Morgan fingerprint density at radius 2 is 1.44 bits per heavy atom. The summed E-state index contributed by atoms with van der Waals surface area (Å²) in [7, 11) is -5.34. The highest BCUT2D eigenvalue weighted by Gasteiger charge is 2.23. The quantitative estimate of drug-likeness (QED) is 0.853. The molecular formula is C8H10Cl2N2O4S2. The second-order valence-corrected chi connectivity index (χ2v) is 7.66. The van der Waals surface area contributed by atoms with Crippen LogP contribution < -0.4 is 9.44 Å². The molecule has 0 spiro atoms. The van der Waals surface area contributed by atoms with Crippen molar-refractivity contribution in [1.82, 2.24) is 9.44 Å². The molecule has 0 heterocycles. The van der Waals surface area contributed by atoms with Gasteiger partial charge in [-0.1, -0.05) is 23.2 Å². The molecule has 0 saturated carbocycles. The lowest BCUT2D eigenvalue weighted by atomic mass is 10.3. The van der Waals surface area contributed by atoms with E-state index in [-0.39, 0.29) is 14.9 Å². The maximum absolute atomic E-state index is 11.7. The number of benzene rings is 1. The molecule has 0 bridgehead atoms. The molecule has 18 heavy (non-hydrogen) atoms. The van der Waals surface area contributed by atoms with Gasteiger partial charge in [-0.3, -0.25) is 0 Å². The van der Waals surface area contributed by atoms with Crippen molar-refractivity contribution in [2.75, 3.05) is 14.1 Å². The van der Waals surface area contributed by atoms with Gasteiger partial charge in [0.1, 0.15) is 4.90 Å². The topological polar surface area (TPSA) is 92.3 Å². The van der Waals surface area contributed by atoms with Gasteiger partial charge < -0.3 is 0 Å². The molecule has 102 valence electrons. The van der Waals surface area contributed by atoms with Crippen LogP contribution in [0.5, 0.6) is 0 Å². The Hall–Kier alpha value is -0.380. The molecule has 0 unspecified atom stereocenters. The lowest BCUT2D eigenvalue weighted by Crippen LogP contribution is -2.22. The van der Waals surface area contributed by atoms with Gasteiger partial charge in [-0.05, 0) is 26.2 Å². The lowest BCUT2D eigenvalue weighted by molar-refractivity contribution is 0.586. The molecule has 0 radical (unpaired) electrons. The highest BCUT2D eigenvalue weighted by Crippen LogP contribution is 2.32. The fourth-order valence-corrected chi connectivity index (χ4v) is 3.58. The minimum absolute atomic E-state index is 0.165. The van der Waals surface area contributed by atoms with Crippen LogP contribution in [0.4, 0.5) is 0 Å². The highest BCUT2D eigenvalue weighted by molar-refractivity contribution is 7.90. The summed E-state index contributed by atoms with van der Waals surface area (Å²) < 4.78 is 50.6. The van der Waals surface area contributed by atoms with E-state index in [1.54, 1.807) is 0 Å². The predicted octanol–water partition coefficient (Wildman–Crippen LogP) is 0.810. The normalized spacial score (nSPS) is 12.7. The molecule has 0 aromatic heterocycles. The van der Waals surface area contributed by atoms with Crippen LogP contribution in [0.3, 0.4) is 0 Å². The maximum atomic E-state index is 11.7. The molecule has 1 aromatic rings. The predicted molar refractivity (Wildman–Crippen MR) is 69.0 cm³/mol. The fourth-order valence-electron chi connectivity index (χ4n) is 1.12. The monoisotopic (exact) mass is 332 g/mol. The summed E-state index contributed by atoms with van der Waals surface area (Å²) in [5, 5.41) is -0.400. The van der Waals surface area contributed by atoms with Crippen LogP contribution in [0.1, 0.15) is 0 Å². The average Bonchev–Trinajstić information content (AvgIpc) is 2.31. The van der Waals surface area contributed by atoms with E-state index in [1.807, 2.05) is 4.72 Å². The zero-order valence-electron chi connectivity index (χ0n) is 9.36. The molecule has 0 atom stereocenters. The number of sulfonamides is 2. The zero-order valence-corrected chi connectivity index (χ0v) is 12.5. The van der Waals surface area contributed by atoms with Gasteiger partial charge in [0.25, 0.3) is 0 Å². The lowest BCUT2D eigenvalue weighted by Gasteiger charge is -2.09. The second-order valence-electron chi connectivity index (χ2n) is 3.13. The molecule has 1 aromatic carbocycles. The van der Waals surface area contributed by atoms with E-state index in [4.69, 9.17) is 23.2 Å². The van der Waals surface area contributed by atoms with E-state index in [0.29, 0.717) is 0 Å². The Morgan fingerprint density at radius 3 is 1.89 bits per heavy atom. The van der Waals surface area contributed by atoms with Gasteiger partial charge in [0.05, 0.1) is 14.9 Å². The van der Waals surface area contributed by atoms with Crippen LogP contribution in [0, 0.1) is 0 Å². The van der Waals surface area contributed by atoms with Crippen molar-refractivity contribution in [1.29, 1.82) is 0 Å². The van der Waals surface area contributed by atoms with Crippen LogP contribution >= 0.6 is 23.2 Å². The highest BCUT2D eigenvalue weighted by atomic mass is 35.5. The fraction of sp³-hybridized carbons (Fsp3) is 0.250. The third kappa shape index (κ3) is 2.95. The van der Waals surface area contributed by atoms with Crippen molar-refractivity contribution in [2.24, 2.45) is 0 Å². The number of nitrogens with one attached hydrogen (secondary N) is 2. The Balaban J connectivity index is 3.67. The summed E-state index contributed by atoms with van der Waals surface area (Å²) in [6.45, 7) is 0. The van der Waals surface area contributed by atoms with Gasteiger partial charge in [-0.25, -0.2) is 26.3 Å². The number of halogens is 2. The summed E-state index contributed by atoms with van der Waals surface area (Å²) in [6.07, 6.45) is 0. The largest absolute Gasteiger partial charge is 0.241 e. The van der Waals surface area contributed by atoms with E-state index in [1.165, 1.54) is 14.1 Å². The van der Waals surface area contributed by atoms with E-state index in [9.17, 15) is 16.8 Å². The first-order valence-electron chi connectivity index (χ1n) is 4.52. The average molecular weight is 333 g/mol. The van der Waals surface area contributed by atoms with Gasteiger partial charge >= 0.3 is 0 Å². The maximum Gasteiger partial charge on any atom is 0.241 e. The molecule has 1 rings (SSSR count). The van der Waals surface area contributed by atoms with Crippen LogP contribution in [0.15, 0.2) is 21.9 Å². The van der Waals surface area contributed by atoms with Gasteiger partial charge in [-0.2, -0.15) is 0 Å². The van der Waals surface area contributed by atoms with Crippen molar-refractivity contribution in [2.45, 2.75) is 9.79 Å². The summed E-state index contributed by atoms with van der Waals surface area (Å²) in [5.74, 6) is 0. The molecule has 0 fully saturated rings. The third-order valence-corrected chi connectivity index (χ3v) is 5.85. The van der Waals surface area contributed by atoms with E-state index < -0.39 is 24.9 Å². The Morgan fingerprint density at radius 1 is 0.944 bits per heavy atom. The Labute approximate surface area is 115 Å². The first-order chi connectivity index (χ1) is 8.15. The summed E-state index contributed by atoms with van der Waals surface area (Å²) in [5.41, 5.74) is 0. The Kier molecular flexibility index (Phi) is 4.63. The minimum Gasteiger partial charge on any atom is -0.214 e. The molecule has 0 amide bonds. The van der Waals surface area contributed by atoms with Crippen molar-refractivity contribution >= 4 is 43.2 Å². The summed E-state index contributed by atoms with van der Waals surface area (Å²) in [4.78, 5) is -0.679. The zero-order chi connectivity index (χ0) is 14.1. The van der Waals surface area contributed by atoms with E-state index >= 15 is 0 Å². The van der Waals surface area contributed by atoms with Crippen molar-refractivity contribution < 1.29 is 16.8 Å². The van der Waals surface area contributed by atoms with Gasteiger partial charge in [0.15, 0.2) is 0 Å². The number of rotatable bonds is 4. The Bertz CT molecular complexity index is 671. The standard InChI is InChI=1S/C8H10Cl2N2O4S2/c1-11-17(13,14)5-3-6(9)8(10)7(4-5)18(15,16)12-2/h3-4,11-12H,1-2H3. The molecule has 2 N–H and O–H groups in total. The van der Waals surface area contributed by atoms with Crippen molar-refractivity contribution in [3.8, 4) is 0 Å². The molecule has 0 aliphatic heterocycles.